The zero-order valence-electron chi connectivity index (χ0n) is 10.4. The Bertz CT molecular complexity index is 719. The highest BCUT2D eigenvalue weighted by Gasteiger charge is 2.07. The van der Waals surface area contributed by atoms with Crippen LogP contribution in [0.25, 0.3) is 17.0 Å². The molecule has 0 saturated carbocycles. The first kappa shape index (κ1) is 12.3. The molecule has 6 nitrogen and oxygen atoms in total. The second-order valence-electron chi connectivity index (χ2n) is 4.25. The summed E-state index contributed by atoms with van der Waals surface area (Å²) in [4.78, 5) is 15.1. The van der Waals surface area contributed by atoms with Crippen molar-refractivity contribution in [2.75, 3.05) is 19.0 Å². The van der Waals surface area contributed by atoms with Gasteiger partial charge in [-0.25, -0.2) is 19.5 Å². The van der Waals surface area contributed by atoms with Crippen molar-refractivity contribution in [3.8, 4) is 11.3 Å². The summed E-state index contributed by atoms with van der Waals surface area (Å²) in [5.74, 6) is 1.51. The minimum Gasteiger partial charge on any atom is -0.363 e. The van der Waals surface area contributed by atoms with E-state index in [0.29, 0.717) is 5.78 Å². The maximum Gasteiger partial charge on any atom is 0.252 e. The van der Waals surface area contributed by atoms with Gasteiger partial charge in [0.15, 0.2) is 0 Å². The van der Waals surface area contributed by atoms with Crippen LogP contribution in [0.5, 0.6) is 0 Å². The van der Waals surface area contributed by atoms with Crippen LogP contribution in [-0.4, -0.2) is 38.7 Å². The Morgan fingerprint density at radius 1 is 1.16 bits per heavy atom. The van der Waals surface area contributed by atoms with E-state index in [4.69, 9.17) is 0 Å². The molecular weight excluding hydrogens is 355 g/mol. The van der Waals surface area contributed by atoms with E-state index in [9.17, 15) is 0 Å². The highest BCUT2D eigenvalue weighted by Crippen LogP contribution is 2.19. The lowest BCUT2D eigenvalue weighted by molar-refractivity contribution is 0.891. The number of hydrogen-bond acceptors (Lipinski definition) is 5. The van der Waals surface area contributed by atoms with Crippen LogP contribution in [0.1, 0.15) is 0 Å². The molecule has 3 aromatic heterocycles. The van der Waals surface area contributed by atoms with Gasteiger partial charge in [-0.1, -0.05) is 0 Å². The van der Waals surface area contributed by atoms with Crippen molar-refractivity contribution in [2.45, 2.75) is 0 Å². The lowest BCUT2D eigenvalue weighted by Crippen LogP contribution is -2.09. The van der Waals surface area contributed by atoms with Gasteiger partial charge in [0, 0.05) is 25.9 Å². The molecule has 0 aliphatic rings. The SMILES string of the molecule is CN(C)c1ccc(-c2cn3ncc(I)nc3n2)cn1. The molecule has 19 heavy (non-hydrogen) atoms. The summed E-state index contributed by atoms with van der Waals surface area (Å²) in [6, 6.07) is 3.96. The average Bonchev–Trinajstić information content (AvgIpc) is 2.81. The Hall–Kier alpha value is -1.77. The Kier molecular flexibility index (Phi) is 3.05. The van der Waals surface area contributed by atoms with Crippen LogP contribution in [0.15, 0.2) is 30.7 Å². The van der Waals surface area contributed by atoms with E-state index >= 15 is 0 Å². The van der Waals surface area contributed by atoms with Gasteiger partial charge >= 0.3 is 0 Å². The fraction of sp³-hybridized carbons (Fsp3) is 0.167. The Balaban J connectivity index is 2.03. The van der Waals surface area contributed by atoms with Crippen molar-refractivity contribution in [1.82, 2.24) is 24.6 Å². The molecule has 0 atom stereocenters. The van der Waals surface area contributed by atoms with Gasteiger partial charge in [-0.15, -0.1) is 0 Å². The van der Waals surface area contributed by atoms with Gasteiger partial charge in [-0.05, 0) is 34.7 Å². The fourth-order valence-corrected chi connectivity index (χ4v) is 2.04. The number of fused-ring (bicyclic) bond motifs is 1. The third kappa shape index (κ3) is 2.37. The highest BCUT2D eigenvalue weighted by molar-refractivity contribution is 14.1. The standard InChI is InChI=1S/C12H11IN6/c1-18(2)11-4-3-8(5-14-11)9-7-19-12(16-9)17-10(13)6-15-19/h3-7H,1-2H3. The largest absolute Gasteiger partial charge is 0.363 e. The number of anilines is 1. The lowest BCUT2D eigenvalue weighted by atomic mass is 10.2. The molecule has 3 heterocycles. The minimum absolute atomic E-state index is 0.596. The number of pyridine rings is 1. The van der Waals surface area contributed by atoms with E-state index in [0.717, 1.165) is 20.8 Å². The lowest BCUT2D eigenvalue weighted by Gasteiger charge is -2.10. The quantitative estimate of drug-likeness (QED) is 0.648. The Morgan fingerprint density at radius 3 is 2.68 bits per heavy atom. The molecule has 0 bridgehead atoms. The van der Waals surface area contributed by atoms with Crippen LogP contribution >= 0.6 is 22.6 Å². The van der Waals surface area contributed by atoms with Gasteiger partial charge in [-0.2, -0.15) is 5.10 Å². The Morgan fingerprint density at radius 2 is 2.00 bits per heavy atom. The molecule has 0 N–H and O–H groups in total. The third-order valence-corrected chi connectivity index (χ3v) is 3.19. The van der Waals surface area contributed by atoms with E-state index in [2.05, 4.69) is 42.6 Å². The number of rotatable bonds is 2. The van der Waals surface area contributed by atoms with Crippen molar-refractivity contribution in [3.63, 3.8) is 0 Å². The summed E-state index contributed by atoms with van der Waals surface area (Å²) in [6.07, 6.45) is 5.36. The van der Waals surface area contributed by atoms with Gasteiger partial charge in [0.05, 0.1) is 18.1 Å². The first-order chi connectivity index (χ1) is 9.13. The van der Waals surface area contributed by atoms with Crippen molar-refractivity contribution in [2.24, 2.45) is 0 Å². The third-order valence-electron chi connectivity index (χ3n) is 2.67. The minimum atomic E-state index is 0.596. The van der Waals surface area contributed by atoms with Crippen LogP contribution in [0.3, 0.4) is 0 Å². The molecule has 3 aromatic rings. The van der Waals surface area contributed by atoms with E-state index in [1.165, 1.54) is 0 Å². The van der Waals surface area contributed by atoms with Crippen LogP contribution in [0, 0.1) is 3.70 Å². The van der Waals surface area contributed by atoms with Gasteiger partial charge in [0.1, 0.15) is 9.52 Å². The van der Waals surface area contributed by atoms with Crippen molar-refractivity contribution in [3.05, 3.63) is 34.4 Å². The first-order valence-electron chi connectivity index (χ1n) is 5.65. The smallest absolute Gasteiger partial charge is 0.252 e. The molecule has 3 rings (SSSR count). The van der Waals surface area contributed by atoms with Gasteiger partial charge in [-0.3, -0.25) is 0 Å². The van der Waals surface area contributed by atoms with Gasteiger partial charge in [0.2, 0.25) is 0 Å². The van der Waals surface area contributed by atoms with Crippen molar-refractivity contribution >= 4 is 34.2 Å². The Labute approximate surface area is 123 Å². The second kappa shape index (κ2) is 4.72. The molecule has 0 aliphatic heterocycles. The molecule has 0 fully saturated rings. The van der Waals surface area contributed by atoms with E-state index in [1.54, 1.807) is 10.7 Å². The van der Waals surface area contributed by atoms with E-state index in [1.807, 2.05) is 43.5 Å². The zero-order valence-corrected chi connectivity index (χ0v) is 12.6. The highest BCUT2D eigenvalue weighted by atomic mass is 127. The van der Waals surface area contributed by atoms with Crippen LogP contribution in [-0.2, 0) is 0 Å². The average molecular weight is 366 g/mol. The first-order valence-corrected chi connectivity index (χ1v) is 6.73. The van der Waals surface area contributed by atoms with Gasteiger partial charge in [0.25, 0.3) is 5.78 Å². The summed E-state index contributed by atoms with van der Waals surface area (Å²) in [5.41, 5.74) is 1.77. The molecular formula is C12H11IN6. The molecule has 0 radical (unpaired) electrons. The number of halogens is 1. The predicted molar refractivity (Wildman–Crippen MR) is 81.1 cm³/mol. The zero-order chi connectivity index (χ0) is 13.4. The van der Waals surface area contributed by atoms with E-state index < -0.39 is 0 Å². The summed E-state index contributed by atoms with van der Waals surface area (Å²) in [6.45, 7) is 0. The summed E-state index contributed by atoms with van der Waals surface area (Å²) in [7, 11) is 3.92. The molecule has 0 aromatic carbocycles. The molecule has 7 heteroatoms. The number of hydrogen-bond donors (Lipinski definition) is 0. The molecule has 0 aliphatic carbocycles. The molecule has 0 amide bonds. The van der Waals surface area contributed by atoms with Gasteiger partial charge < -0.3 is 4.90 Å². The maximum absolute atomic E-state index is 4.45. The number of nitrogens with zero attached hydrogens (tertiary/aromatic N) is 6. The summed E-state index contributed by atoms with van der Waals surface area (Å²) >= 11 is 2.12. The van der Waals surface area contributed by atoms with Crippen LogP contribution in [0.4, 0.5) is 5.82 Å². The fourth-order valence-electron chi connectivity index (χ4n) is 1.70. The van der Waals surface area contributed by atoms with E-state index in [-0.39, 0.29) is 0 Å². The number of imidazole rings is 1. The second-order valence-corrected chi connectivity index (χ2v) is 5.35. The maximum atomic E-state index is 4.45. The van der Waals surface area contributed by atoms with Crippen molar-refractivity contribution in [1.29, 1.82) is 0 Å². The molecule has 0 unspecified atom stereocenters. The predicted octanol–water partition coefficient (Wildman–Crippen LogP) is 1.86. The van der Waals surface area contributed by atoms with Crippen LogP contribution in [0.2, 0.25) is 0 Å². The monoisotopic (exact) mass is 366 g/mol. The summed E-state index contributed by atoms with van der Waals surface area (Å²) < 4.78 is 2.49. The molecule has 0 spiro atoms. The number of aromatic nitrogens is 5. The molecule has 96 valence electrons. The molecule has 0 saturated heterocycles. The van der Waals surface area contributed by atoms with Crippen LogP contribution < -0.4 is 4.90 Å². The topological polar surface area (TPSA) is 59.2 Å². The van der Waals surface area contributed by atoms with Crippen molar-refractivity contribution < 1.29 is 0 Å². The summed E-state index contributed by atoms with van der Waals surface area (Å²) in [5, 5.41) is 4.23. The normalized spacial score (nSPS) is 10.9.